The normalized spacial score (nSPS) is 19.5. The van der Waals surface area contributed by atoms with Crippen molar-refractivity contribution in [2.75, 3.05) is 18.1 Å². The van der Waals surface area contributed by atoms with Crippen LogP contribution in [0.1, 0.15) is 43.9 Å². The minimum absolute atomic E-state index is 0.128. The standard InChI is InChI=1S/C23H25Cl2NO5/c1-3-11-26-18-10-9-14(24)12-16(18)21(15-7-5-6-8-17(15)25)31-20(22(26)28)13-19(27)23(29)30-4-2/h5-10,12,19-21,27H,3-4,11,13H2,1-2H3. The first-order chi connectivity index (χ1) is 14.9. The van der Waals surface area contributed by atoms with Crippen molar-refractivity contribution in [2.24, 2.45) is 0 Å². The molecular formula is C23H25Cl2NO5. The van der Waals surface area contributed by atoms with Gasteiger partial charge in [-0.3, -0.25) is 4.79 Å². The number of carbonyl (C=O) groups is 2. The van der Waals surface area contributed by atoms with Gasteiger partial charge in [0.2, 0.25) is 0 Å². The van der Waals surface area contributed by atoms with Gasteiger partial charge in [0.1, 0.15) is 12.2 Å². The molecule has 6 nitrogen and oxygen atoms in total. The van der Waals surface area contributed by atoms with E-state index in [1.165, 1.54) is 0 Å². The van der Waals surface area contributed by atoms with Gasteiger partial charge in [-0.1, -0.05) is 48.3 Å². The molecule has 3 unspecified atom stereocenters. The number of rotatable bonds is 7. The number of halogens is 2. The summed E-state index contributed by atoms with van der Waals surface area (Å²) >= 11 is 12.7. The number of hydrogen-bond acceptors (Lipinski definition) is 5. The third-order valence-electron chi connectivity index (χ3n) is 5.04. The number of carbonyl (C=O) groups excluding carboxylic acids is 2. The first kappa shape index (κ1) is 23.5. The molecule has 0 saturated heterocycles. The van der Waals surface area contributed by atoms with E-state index in [4.69, 9.17) is 32.7 Å². The van der Waals surface area contributed by atoms with Crippen molar-refractivity contribution in [2.45, 2.75) is 45.0 Å². The second kappa shape index (κ2) is 10.5. The summed E-state index contributed by atoms with van der Waals surface area (Å²) in [6, 6.07) is 12.4. The zero-order chi connectivity index (χ0) is 22.5. The van der Waals surface area contributed by atoms with Crippen LogP contribution in [-0.4, -0.2) is 42.3 Å². The van der Waals surface area contributed by atoms with Crippen molar-refractivity contribution in [1.82, 2.24) is 0 Å². The molecule has 0 saturated carbocycles. The summed E-state index contributed by atoms with van der Waals surface area (Å²) < 4.78 is 11.1. The Balaban J connectivity index is 2.09. The highest BCUT2D eigenvalue weighted by atomic mass is 35.5. The molecular weight excluding hydrogens is 441 g/mol. The van der Waals surface area contributed by atoms with Crippen LogP contribution in [-0.2, 0) is 19.1 Å². The molecule has 0 bridgehead atoms. The van der Waals surface area contributed by atoms with Gasteiger partial charge in [0.25, 0.3) is 5.91 Å². The van der Waals surface area contributed by atoms with Gasteiger partial charge in [0, 0.05) is 39.8 Å². The molecule has 2 aromatic carbocycles. The lowest BCUT2D eigenvalue weighted by atomic mass is 9.99. The SMILES string of the molecule is CCCN1C(=O)C(CC(O)C(=O)OCC)OC(c2ccccc2Cl)c2cc(Cl)ccc21. The summed E-state index contributed by atoms with van der Waals surface area (Å²) in [5.41, 5.74) is 2.01. The molecule has 0 aromatic heterocycles. The highest BCUT2D eigenvalue weighted by Gasteiger charge is 2.39. The van der Waals surface area contributed by atoms with Crippen molar-refractivity contribution in [3.8, 4) is 0 Å². The van der Waals surface area contributed by atoms with E-state index in [1.807, 2.05) is 19.1 Å². The number of aliphatic hydroxyl groups is 1. The maximum Gasteiger partial charge on any atom is 0.335 e. The first-order valence-corrected chi connectivity index (χ1v) is 11.0. The van der Waals surface area contributed by atoms with E-state index in [0.717, 1.165) is 0 Å². The highest BCUT2D eigenvalue weighted by Crippen LogP contribution is 2.42. The Morgan fingerprint density at radius 2 is 1.94 bits per heavy atom. The van der Waals surface area contributed by atoms with Gasteiger partial charge in [-0.15, -0.1) is 0 Å². The number of hydrogen-bond donors (Lipinski definition) is 1. The second-order valence-corrected chi connectivity index (χ2v) is 8.07. The summed E-state index contributed by atoms with van der Waals surface area (Å²) in [6.45, 7) is 4.18. The molecule has 166 valence electrons. The van der Waals surface area contributed by atoms with Crippen LogP contribution in [0.5, 0.6) is 0 Å². The predicted octanol–water partition coefficient (Wildman–Crippen LogP) is 4.54. The van der Waals surface area contributed by atoms with Crippen molar-refractivity contribution in [3.05, 3.63) is 63.6 Å². The number of amides is 1. The predicted molar refractivity (Wildman–Crippen MR) is 120 cm³/mol. The van der Waals surface area contributed by atoms with Gasteiger partial charge in [0.05, 0.1) is 6.61 Å². The van der Waals surface area contributed by atoms with Crippen LogP contribution < -0.4 is 4.90 Å². The molecule has 0 fully saturated rings. The Morgan fingerprint density at radius 1 is 1.19 bits per heavy atom. The minimum Gasteiger partial charge on any atom is -0.464 e. The van der Waals surface area contributed by atoms with Gasteiger partial charge in [-0.2, -0.15) is 0 Å². The Labute approximate surface area is 191 Å². The van der Waals surface area contributed by atoms with Crippen LogP contribution in [0.3, 0.4) is 0 Å². The topological polar surface area (TPSA) is 76.1 Å². The van der Waals surface area contributed by atoms with E-state index >= 15 is 0 Å². The average Bonchev–Trinajstić information content (AvgIpc) is 2.85. The van der Waals surface area contributed by atoms with Gasteiger partial charge in [-0.25, -0.2) is 4.79 Å². The van der Waals surface area contributed by atoms with Gasteiger partial charge in [-0.05, 0) is 37.6 Å². The number of nitrogens with zero attached hydrogens (tertiary/aromatic N) is 1. The monoisotopic (exact) mass is 465 g/mol. The molecule has 0 aliphatic carbocycles. The summed E-state index contributed by atoms with van der Waals surface area (Å²) in [7, 11) is 0. The third kappa shape index (κ3) is 5.21. The van der Waals surface area contributed by atoms with E-state index < -0.39 is 24.3 Å². The van der Waals surface area contributed by atoms with Gasteiger partial charge >= 0.3 is 5.97 Å². The lowest BCUT2D eigenvalue weighted by Crippen LogP contribution is -2.42. The number of esters is 1. The molecule has 1 aliphatic heterocycles. The van der Waals surface area contributed by atoms with Crippen molar-refractivity contribution in [3.63, 3.8) is 0 Å². The van der Waals surface area contributed by atoms with Gasteiger partial charge in [0.15, 0.2) is 6.10 Å². The fraction of sp³-hybridized carbons (Fsp3) is 0.391. The number of fused-ring (bicyclic) bond motifs is 1. The summed E-state index contributed by atoms with van der Waals surface area (Å²) in [6.07, 6.45) is -2.82. The van der Waals surface area contributed by atoms with E-state index in [1.54, 1.807) is 42.2 Å². The largest absolute Gasteiger partial charge is 0.464 e. The number of ether oxygens (including phenoxy) is 2. The molecule has 0 spiro atoms. The molecule has 1 N–H and O–H groups in total. The van der Waals surface area contributed by atoms with E-state index in [2.05, 4.69) is 0 Å². The zero-order valence-corrected chi connectivity index (χ0v) is 18.9. The summed E-state index contributed by atoms with van der Waals surface area (Å²) in [5, 5.41) is 11.3. The highest BCUT2D eigenvalue weighted by molar-refractivity contribution is 6.31. The van der Waals surface area contributed by atoms with Crippen LogP contribution >= 0.6 is 23.2 Å². The minimum atomic E-state index is -1.49. The van der Waals surface area contributed by atoms with Crippen LogP contribution in [0.2, 0.25) is 10.0 Å². The van der Waals surface area contributed by atoms with Crippen LogP contribution in [0, 0.1) is 0 Å². The molecule has 1 amide bonds. The Bertz CT molecular complexity index is 951. The fourth-order valence-electron chi connectivity index (χ4n) is 3.65. The Morgan fingerprint density at radius 3 is 2.61 bits per heavy atom. The maximum absolute atomic E-state index is 13.4. The molecule has 31 heavy (non-hydrogen) atoms. The number of aliphatic hydroxyl groups excluding tert-OH is 1. The third-order valence-corrected chi connectivity index (χ3v) is 5.61. The second-order valence-electron chi connectivity index (χ2n) is 7.22. The van der Waals surface area contributed by atoms with E-state index in [9.17, 15) is 14.7 Å². The molecule has 3 rings (SSSR count). The molecule has 3 atom stereocenters. The maximum atomic E-state index is 13.4. The fourth-order valence-corrected chi connectivity index (χ4v) is 4.06. The van der Waals surface area contributed by atoms with Crippen molar-refractivity contribution >= 4 is 40.8 Å². The van der Waals surface area contributed by atoms with Gasteiger partial charge < -0.3 is 19.5 Å². The Kier molecular flexibility index (Phi) is 7.94. The van der Waals surface area contributed by atoms with Crippen molar-refractivity contribution < 1.29 is 24.2 Å². The smallest absolute Gasteiger partial charge is 0.335 e. The molecule has 0 radical (unpaired) electrons. The molecule has 1 aliphatic rings. The summed E-state index contributed by atoms with van der Waals surface area (Å²) in [5.74, 6) is -1.14. The number of benzene rings is 2. The zero-order valence-electron chi connectivity index (χ0n) is 17.4. The number of anilines is 1. The average molecular weight is 466 g/mol. The molecule has 2 aromatic rings. The lowest BCUT2D eigenvalue weighted by Gasteiger charge is -2.25. The van der Waals surface area contributed by atoms with Crippen LogP contribution in [0.25, 0.3) is 0 Å². The Hall–Kier alpha value is -2.12. The summed E-state index contributed by atoms with van der Waals surface area (Å²) in [4.78, 5) is 27.0. The van der Waals surface area contributed by atoms with Crippen LogP contribution in [0.4, 0.5) is 5.69 Å². The molecule has 1 heterocycles. The molecule has 8 heteroatoms. The van der Waals surface area contributed by atoms with E-state index in [-0.39, 0.29) is 18.9 Å². The first-order valence-electron chi connectivity index (χ1n) is 10.2. The lowest BCUT2D eigenvalue weighted by molar-refractivity contribution is -0.156. The van der Waals surface area contributed by atoms with Crippen LogP contribution in [0.15, 0.2) is 42.5 Å². The van der Waals surface area contributed by atoms with E-state index in [0.29, 0.717) is 39.8 Å². The van der Waals surface area contributed by atoms with Crippen molar-refractivity contribution in [1.29, 1.82) is 0 Å². The quantitative estimate of drug-likeness (QED) is 0.607.